The topological polar surface area (TPSA) is 25.0 Å². The lowest BCUT2D eigenvalue weighted by molar-refractivity contribution is 0.410. The van der Waals surface area contributed by atoms with Gasteiger partial charge in [-0.05, 0) is 36.8 Å². The van der Waals surface area contributed by atoms with Crippen molar-refractivity contribution in [1.82, 2.24) is 4.98 Å². The van der Waals surface area contributed by atoms with E-state index in [0.29, 0.717) is 11.1 Å². The minimum absolute atomic E-state index is 0.177. The van der Waals surface area contributed by atoms with Gasteiger partial charge in [0.2, 0.25) is 0 Å². The summed E-state index contributed by atoms with van der Waals surface area (Å²) in [5, 5.41) is 0.236. The van der Waals surface area contributed by atoms with Gasteiger partial charge in [-0.3, -0.25) is 0 Å². The first kappa shape index (κ1) is 15.9. The molecule has 0 radical (unpaired) electrons. The quantitative estimate of drug-likeness (QED) is 0.644. The molecule has 0 fully saturated rings. The maximum Gasteiger partial charge on any atom is 0.199 e. The van der Waals surface area contributed by atoms with E-state index in [2.05, 4.69) is 4.98 Å². The molecule has 2 aromatic carbocycles. The molecule has 3 rings (SSSR count). The Labute approximate surface area is 126 Å². The van der Waals surface area contributed by atoms with Crippen molar-refractivity contribution in [1.29, 1.82) is 0 Å². The Morgan fingerprint density at radius 3 is 2.36 bits per heavy atom. The summed E-state index contributed by atoms with van der Waals surface area (Å²) in [5.74, 6) is -2.33. The first-order valence-corrected chi connectivity index (χ1v) is 6.95. The highest BCUT2D eigenvalue weighted by atomic mass is 19.1. The van der Waals surface area contributed by atoms with Gasteiger partial charge in [0.15, 0.2) is 17.4 Å². The maximum atomic E-state index is 14.2. The largest absolute Gasteiger partial charge is 0.451 e. The van der Waals surface area contributed by atoms with Crippen molar-refractivity contribution < 1.29 is 17.9 Å². The fourth-order valence-electron chi connectivity index (χ4n) is 2.00. The van der Waals surface area contributed by atoms with Gasteiger partial charge >= 0.3 is 0 Å². The van der Waals surface area contributed by atoms with E-state index in [1.54, 1.807) is 6.92 Å². The van der Waals surface area contributed by atoms with Crippen LogP contribution in [0.5, 0.6) is 11.5 Å². The third kappa shape index (κ3) is 2.93. The predicted molar refractivity (Wildman–Crippen MR) is 80.8 cm³/mol. The highest BCUT2D eigenvalue weighted by Crippen LogP contribution is 2.33. The third-order valence-corrected chi connectivity index (χ3v) is 3.05. The van der Waals surface area contributed by atoms with Gasteiger partial charge in [-0.25, -0.2) is 13.2 Å². The van der Waals surface area contributed by atoms with Gasteiger partial charge in [-0.2, -0.15) is 0 Å². The number of fused-ring (bicyclic) bond motifs is 1. The van der Waals surface area contributed by atoms with E-state index in [4.69, 9.17) is 4.74 Å². The second-order valence-corrected chi connectivity index (χ2v) is 4.45. The average molecular weight is 307 g/mol. The number of hydrogen-bond donors (Lipinski definition) is 1. The minimum atomic E-state index is -0.820. The molecule has 0 spiro atoms. The van der Waals surface area contributed by atoms with Gasteiger partial charge in [0, 0.05) is 17.6 Å². The summed E-state index contributed by atoms with van der Waals surface area (Å²) in [6, 6.07) is 6.55. The Bertz CT molecular complexity index is 796. The number of nitrogens with one attached hydrogen (secondary N) is 1. The van der Waals surface area contributed by atoms with Crippen molar-refractivity contribution in [3.05, 3.63) is 59.5 Å². The van der Waals surface area contributed by atoms with E-state index in [1.165, 1.54) is 30.5 Å². The highest BCUT2D eigenvalue weighted by molar-refractivity contribution is 5.82. The number of benzene rings is 2. The van der Waals surface area contributed by atoms with Gasteiger partial charge in [0.25, 0.3) is 0 Å². The van der Waals surface area contributed by atoms with Crippen LogP contribution in [0.1, 0.15) is 19.4 Å². The van der Waals surface area contributed by atoms with Crippen molar-refractivity contribution in [2.75, 3.05) is 0 Å². The van der Waals surface area contributed by atoms with Crippen molar-refractivity contribution in [3.63, 3.8) is 0 Å². The molecule has 0 aliphatic carbocycles. The predicted octanol–water partition coefficient (Wildman–Crippen LogP) is 5.71. The molecule has 1 aromatic heterocycles. The zero-order valence-corrected chi connectivity index (χ0v) is 12.5. The maximum absolute atomic E-state index is 14.2. The van der Waals surface area contributed by atoms with Crippen LogP contribution >= 0.6 is 0 Å². The lowest BCUT2D eigenvalue weighted by Gasteiger charge is -2.09. The van der Waals surface area contributed by atoms with Crippen molar-refractivity contribution >= 4 is 10.9 Å². The minimum Gasteiger partial charge on any atom is -0.451 e. The third-order valence-electron chi connectivity index (χ3n) is 3.05. The molecule has 0 atom stereocenters. The van der Waals surface area contributed by atoms with Gasteiger partial charge in [-0.1, -0.05) is 13.8 Å². The average Bonchev–Trinajstić information content (AvgIpc) is 2.97. The monoisotopic (exact) mass is 307 g/mol. The zero-order chi connectivity index (χ0) is 16.3. The molecule has 2 nitrogen and oxygen atoms in total. The standard InChI is InChI=1S/C15H10F3NO.C2H6/c1-8-6-9(2-3-11(8)16)20-15-12(17)7-13-10(14(15)18)4-5-19-13;1-2/h2-7,19H,1H3;1-2H3. The van der Waals surface area contributed by atoms with Crippen molar-refractivity contribution in [3.8, 4) is 11.5 Å². The lowest BCUT2D eigenvalue weighted by Crippen LogP contribution is -1.94. The number of rotatable bonds is 2. The van der Waals surface area contributed by atoms with E-state index in [-0.39, 0.29) is 11.1 Å². The summed E-state index contributed by atoms with van der Waals surface area (Å²) in [6.07, 6.45) is 1.51. The first-order valence-electron chi connectivity index (χ1n) is 6.95. The van der Waals surface area contributed by atoms with Crippen LogP contribution in [0, 0.1) is 24.4 Å². The normalized spacial score (nSPS) is 10.3. The van der Waals surface area contributed by atoms with Gasteiger partial charge in [0.1, 0.15) is 11.6 Å². The summed E-state index contributed by atoms with van der Waals surface area (Å²) >= 11 is 0. The number of halogens is 3. The molecule has 0 unspecified atom stereocenters. The molecule has 0 saturated heterocycles. The summed E-state index contributed by atoms with van der Waals surface area (Å²) in [6.45, 7) is 5.55. The Morgan fingerprint density at radius 2 is 1.68 bits per heavy atom. The van der Waals surface area contributed by atoms with E-state index in [0.717, 1.165) is 6.07 Å². The van der Waals surface area contributed by atoms with Crippen LogP contribution in [-0.4, -0.2) is 4.98 Å². The summed E-state index contributed by atoms with van der Waals surface area (Å²) in [5.41, 5.74) is 0.689. The molecule has 0 amide bonds. The lowest BCUT2D eigenvalue weighted by atomic mass is 10.2. The van der Waals surface area contributed by atoms with Crippen LogP contribution in [0.3, 0.4) is 0 Å². The molecule has 1 heterocycles. The zero-order valence-electron chi connectivity index (χ0n) is 12.5. The number of ether oxygens (including phenoxy) is 1. The Hall–Kier alpha value is -2.43. The molecule has 0 saturated carbocycles. The van der Waals surface area contributed by atoms with Gasteiger partial charge in [-0.15, -0.1) is 0 Å². The molecule has 0 aliphatic heterocycles. The summed E-state index contributed by atoms with van der Waals surface area (Å²) in [4.78, 5) is 2.72. The van der Waals surface area contributed by atoms with Gasteiger partial charge < -0.3 is 9.72 Å². The van der Waals surface area contributed by atoms with Crippen LogP contribution in [0.2, 0.25) is 0 Å². The molecule has 5 heteroatoms. The van der Waals surface area contributed by atoms with Crippen molar-refractivity contribution in [2.45, 2.75) is 20.8 Å². The highest BCUT2D eigenvalue weighted by Gasteiger charge is 2.17. The molecule has 116 valence electrons. The first-order chi connectivity index (χ1) is 10.6. The van der Waals surface area contributed by atoms with Crippen LogP contribution < -0.4 is 4.74 Å². The van der Waals surface area contributed by atoms with Crippen LogP contribution in [-0.2, 0) is 0 Å². The van der Waals surface area contributed by atoms with E-state index in [9.17, 15) is 13.2 Å². The van der Waals surface area contributed by atoms with E-state index in [1.807, 2.05) is 13.8 Å². The smallest absolute Gasteiger partial charge is 0.199 e. The molecule has 22 heavy (non-hydrogen) atoms. The van der Waals surface area contributed by atoms with Gasteiger partial charge in [0.05, 0.1) is 5.52 Å². The molecule has 1 N–H and O–H groups in total. The molecule has 3 aromatic rings. The van der Waals surface area contributed by atoms with Crippen LogP contribution in [0.25, 0.3) is 10.9 Å². The van der Waals surface area contributed by atoms with Crippen LogP contribution in [0.4, 0.5) is 13.2 Å². The molecule has 0 aliphatic rings. The van der Waals surface area contributed by atoms with Crippen LogP contribution in [0.15, 0.2) is 36.5 Å². The van der Waals surface area contributed by atoms with E-state index < -0.39 is 23.2 Å². The number of hydrogen-bond acceptors (Lipinski definition) is 1. The second-order valence-electron chi connectivity index (χ2n) is 4.45. The fraction of sp³-hybridized carbons (Fsp3) is 0.176. The Kier molecular flexibility index (Phi) is 4.75. The molecular formula is C17H16F3NO. The molecular weight excluding hydrogens is 291 g/mol. The number of aryl methyl sites for hydroxylation is 1. The second kappa shape index (κ2) is 6.56. The summed E-state index contributed by atoms with van der Waals surface area (Å²) in [7, 11) is 0. The fourth-order valence-corrected chi connectivity index (χ4v) is 2.00. The Morgan fingerprint density at radius 1 is 0.955 bits per heavy atom. The number of aromatic nitrogens is 1. The molecule has 0 bridgehead atoms. The Balaban J connectivity index is 0.000000847. The number of H-pyrrole nitrogens is 1. The summed E-state index contributed by atoms with van der Waals surface area (Å²) < 4.78 is 46.4. The van der Waals surface area contributed by atoms with Crippen molar-refractivity contribution in [2.24, 2.45) is 0 Å². The number of aromatic amines is 1. The SMILES string of the molecule is CC.Cc1cc(Oc2c(F)cc3[nH]ccc3c2F)ccc1F. The van der Waals surface area contributed by atoms with E-state index >= 15 is 0 Å².